The van der Waals surface area contributed by atoms with Crippen molar-refractivity contribution in [2.24, 2.45) is 0 Å². The van der Waals surface area contributed by atoms with E-state index < -0.39 is 5.97 Å². The molecular formula is C18H12ClNO4. The highest BCUT2D eigenvalue weighted by atomic mass is 35.5. The molecule has 3 aromatic rings. The van der Waals surface area contributed by atoms with Gasteiger partial charge in [-0.25, -0.2) is 4.79 Å². The first-order valence-corrected chi connectivity index (χ1v) is 7.46. The third-order valence-corrected chi connectivity index (χ3v) is 3.51. The van der Waals surface area contributed by atoms with Crippen LogP contribution in [0.15, 0.2) is 59.1 Å². The van der Waals surface area contributed by atoms with E-state index in [1.807, 2.05) is 0 Å². The van der Waals surface area contributed by atoms with Crippen LogP contribution in [0.2, 0.25) is 5.02 Å². The molecule has 0 fully saturated rings. The molecule has 24 heavy (non-hydrogen) atoms. The average molecular weight is 342 g/mol. The van der Waals surface area contributed by atoms with Gasteiger partial charge in [-0.3, -0.25) is 4.79 Å². The number of aromatic nitrogens is 1. The van der Waals surface area contributed by atoms with Crippen LogP contribution < -0.4 is 4.74 Å². The van der Waals surface area contributed by atoms with Gasteiger partial charge in [0.25, 0.3) is 0 Å². The highest BCUT2D eigenvalue weighted by Gasteiger charge is 2.15. The molecule has 1 aromatic heterocycles. The normalized spacial score (nSPS) is 10.4. The Morgan fingerprint density at radius 2 is 1.58 bits per heavy atom. The van der Waals surface area contributed by atoms with Crippen LogP contribution in [-0.4, -0.2) is 16.9 Å². The maximum atomic E-state index is 12.3. The van der Waals surface area contributed by atoms with Gasteiger partial charge in [0.15, 0.2) is 5.78 Å². The zero-order valence-corrected chi connectivity index (χ0v) is 13.4. The lowest BCUT2D eigenvalue weighted by atomic mass is 10.0. The Hall–Kier alpha value is -2.92. The van der Waals surface area contributed by atoms with E-state index in [1.54, 1.807) is 55.5 Å². The minimum absolute atomic E-state index is 0.0221. The van der Waals surface area contributed by atoms with Gasteiger partial charge in [-0.15, -0.1) is 0 Å². The van der Waals surface area contributed by atoms with Crippen molar-refractivity contribution >= 4 is 23.4 Å². The van der Waals surface area contributed by atoms with Gasteiger partial charge in [-0.05, 0) is 55.5 Å². The van der Waals surface area contributed by atoms with Crippen molar-refractivity contribution in [3.63, 3.8) is 0 Å². The molecule has 0 aliphatic carbocycles. The monoisotopic (exact) mass is 341 g/mol. The third kappa shape index (κ3) is 3.52. The van der Waals surface area contributed by atoms with Crippen LogP contribution in [-0.2, 0) is 0 Å². The van der Waals surface area contributed by atoms with Crippen LogP contribution in [0.5, 0.6) is 5.75 Å². The smallest absolute Gasteiger partial charge is 0.382 e. The van der Waals surface area contributed by atoms with E-state index >= 15 is 0 Å². The molecular weight excluding hydrogens is 330 g/mol. The largest absolute Gasteiger partial charge is 0.421 e. The number of hydrogen-bond acceptors (Lipinski definition) is 5. The van der Waals surface area contributed by atoms with Crippen LogP contribution >= 0.6 is 11.6 Å². The lowest BCUT2D eigenvalue weighted by molar-refractivity contribution is 0.0691. The summed E-state index contributed by atoms with van der Waals surface area (Å²) in [6, 6.07) is 14.4. The molecule has 0 spiro atoms. The van der Waals surface area contributed by atoms with Crippen molar-refractivity contribution in [1.82, 2.24) is 5.16 Å². The predicted molar refractivity (Wildman–Crippen MR) is 87.5 cm³/mol. The molecule has 0 amide bonds. The predicted octanol–water partition coefficient (Wildman–Crippen LogP) is 4.09. The molecule has 0 saturated heterocycles. The van der Waals surface area contributed by atoms with Crippen molar-refractivity contribution < 1.29 is 18.8 Å². The maximum absolute atomic E-state index is 12.3. The lowest BCUT2D eigenvalue weighted by Crippen LogP contribution is -2.07. The summed E-state index contributed by atoms with van der Waals surface area (Å²) in [6.45, 7) is 1.71. The maximum Gasteiger partial charge on any atom is 0.382 e. The van der Waals surface area contributed by atoms with E-state index in [9.17, 15) is 9.59 Å². The number of rotatable bonds is 4. The summed E-state index contributed by atoms with van der Waals surface area (Å²) < 4.78 is 10.0. The summed E-state index contributed by atoms with van der Waals surface area (Å²) in [6.07, 6.45) is 0. The minimum atomic E-state index is -0.646. The van der Waals surface area contributed by atoms with Crippen molar-refractivity contribution in [2.45, 2.75) is 6.92 Å². The standard InChI is InChI=1S/C18H12ClNO4/c1-11-10-16(24-20-11)18(22)23-15-8-4-13(5-9-15)17(21)12-2-6-14(19)7-3-12/h2-10H,1H3. The fourth-order valence-corrected chi connectivity index (χ4v) is 2.19. The van der Waals surface area contributed by atoms with Gasteiger partial charge < -0.3 is 9.26 Å². The zero-order valence-electron chi connectivity index (χ0n) is 12.7. The van der Waals surface area contributed by atoms with Gasteiger partial charge in [0.1, 0.15) is 5.75 Å². The molecule has 3 rings (SSSR count). The van der Waals surface area contributed by atoms with E-state index in [2.05, 4.69) is 5.16 Å². The first-order chi connectivity index (χ1) is 11.5. The summed E-state index contributed by atoms with van der Waals surface area (Å²) >= 11 is 5.81. The highest BCUT2D eigenvalue weighted by Crippen LogP contribution is 2.18. The third-order valence-electron chi connectivity index (χ3n) is 3.26. The number of aryl methyl sites for hydroxylation is 1. The Morgan fingerprint density at radius 3 is 2.12 bits per heavy atom. The van der Waals surface area contributed by atoms with Gasteiger partial charge >= 0.3 is 5.97 Å². The van der Waals surface area contributed by atoms with Crippen molar-refractivity contribution in [3.8, 4) is 5.75 Å². The second kappa shape index (κ2) is 6.68. The minimum Gasteiger partial charge on any atom is -0.421 e. The van der Waals surface area contributed by atoms with E-state index in [0.29, 0.717) is 27.6 Å². The fourth-order valence-electron chi connectivity index (χ4n) is 2.06. The number of ether oxygens (including phenoxy) is 1. The van der Waals surface area contributed by atoms with Crippen LogP contribution in [0, 0.1) is 6.92 Å². The highest BCUT2D eigenvalue weighted by molar-refractivity contribution is 6.30. The number of benzene rings is 2. The topological polar surface area (TPSA) is 69.4 Å². The fraction of sp³-hybridized carbons (Fsp3) is 0.0556. The Balaban J connectivity index is 1.72. The summed E-state index contributed by atoms with van der Waals surface area (Å²) in [5, 5.41) is 4.19. The number of esters is 1. The summed E-state index contributed by atoms with van der Waals surface area (Å²) in [5.74, 6) is -0.460. The average Bonchev–Trinajstić information content (AvgIpc) is 3.02. The van der Waals surface area contributed by atoms with Crippen molar-refractivity contribution in [3.05, 3.63) is 82.2 Å². The van der Waals surface area contributed by atoms with Crippen LogP contribution in [0.1, 0.15) is 32.2 Å². The number of nitrogens with zero attached hydrogens (tertiary/aromatic N) is 1. The van der Waals surface area contributed by atoms with E-state index in [-0.39, 0.29) is 11.5 Å². The van der Waals surface area contributed by atoms with E-state index in [0.717, 1.165) is 0 Å². The zero-order chi connectivity index (χ0) is 17.1. The molecule has 0 N–H and O–H groups in total. The number of ketones is 1. The van der Waals surface area contributed by atoms with Gasteiger partial charge in [0.2, 0.25) is 5.76 Å². The molecule has 0 aliphatic heterocycles. The molecule has 1 heterocycles. The number of halogens is 1. The Kier molecular flexibility index (Phi) is 4.44. The summed E-state index contributed by atoms with van der Waals surface area (Å²) in [4.78, 5) is 24.2. The molecule has 0 aliphatic rings. The van der Waals surface area contributed by atoms with Crippen molar-refractivity contribution in [2.75, 3.05) is 0 Å². The molecule has 120 valence electrons. The van der Waals surface area contributed by atoms with Crippen molar-refractivity contribution in [1.29, 1.82) is 0 Å². The van der Waals surface area contributed by atoms with Crippen LogP contribution in [0.3, 0.4) is 0 Å². The Labute approximate surface area is 142 Å². The first kappa shape index (κ1) is 16.0. The molecule has 2 aromatic carbocycles. The van der Waals surface area contributed by atoms with Gasteiger partial charge in [0, 0.05) is 22.2 Å². The Morgan fingerprint density at radius 1 is 1.00 bits per heavy atom. The molecule has 6 heteroatoms. The lowest BCUT2D eigenvalue weighted by Gasteiger charge is -2.04. The molecule has 0 bridgehead atoms. The second-order valence-corrected chi connectivity index (χ2v) is 5.52. The summed E-state index contributed by atoms with van der Waals surface area (Å²) in [5.41, 5.74) is 1.60. The Bertz CT molecular complexity index is 882. The van der Waals surface area contributed by atoms with Gasteiger partial charge in [0.05, 0.1) is 5.69 Å². The molecule has 0 saturated carbocycles. The number of carbonyl (C=O) groups excluding carboxylic acids is 2. The second-order valence-electron chi connectivity index (χ2n) is 5.08. The molecule has 5 nitrogen and oxygen atoms in total. The van der Waals surface area contributed by atoms with Gasteiger partial charge in [-0.1, -0.05) is 16.8 Å². The molecule has 0 unspecified atom stereocenters. The van der Waals surface area contributed by atoms with Crippen LogP contribution in [0.25, 0.3) is 0 Å². The quantitative estimate of drug-likeness (QED) is 0.406. The van der Waals surface area contributed by atoms with E-state index in [4.69, 9.17) is 20.9 Å². The molecule has 0 atom stereocenters. The molecule has 0 radical (unpaired) electrons. The summed E-state index contributed by atoms with van der Waals surface area (Å²) in [7, 11) is 0. The number of hydrogen-bond donors (Lipinski definition) is 0. The van der Waals surface area contributed by atoms with E-state index in [1.165, 1.54) is 6.07 Å². The van der Waals surface area contributed by atoms with Gasteiger partial charge in [-0.2, -0.15) is 0 Å². The SMILES string of the molecule is Cc1cc(C(=O)Oc2ccc(C(=O)c3ccc(Cl)cc3)cc2)on1. The van der Waals surface area contributed by atoms with Crippen LogP contribution in [0.4, 0.5) is 0 Å². The number of carbonyl (C=O) groups is 2. The first-order valence-electron chi connectivity index (χ1n) is 7.09.